The summed E-state index contributed by atoms with van der Waals surface area (Å²) in [7, 11) is 0. The molecule has 2 aliphatic rings. The second kappa shape index (κ2) is 5.40. The molecule has 1 unspecified atom stereocenters. The van der Waals surface area contributed by atoms with E-state index in [1.807, 2.05) is 12.1 Å². The van der Waals surface area contributed by atoms with Gasteiger partial charge in [0.25, 0.3) is 0 Å². The van der Waals surface area contributed by atoms with Crippen LogP contribution >= 0.6 is 11.3 Å². The summed E-state index contributed by atoms with van der Waals surface area (Å²) in [6, 6.07) is 8.58. The van der Waals surface area contributed by atoms with Crippen LogP contribution in [-0.4, -0.2) is 36.1 Å². The van der Waals surface area contributed by atoms with Crippen molar-refractivity contribution in [1.82, 2.24) is 15.2 Å². The number of nitrogens with one attached hydrogen (secondary N) is 1. The van der Waals surface area contributed by atoms with Gasteiger partial charge in [-0.3, -0.25) is 4.90 Å². The van der Waals surface area contributed by atoms with Crippen molar-refractivity contribution in [3.8, 4) is 17.0 Å². The van der Waals surface area contributed by atoms with E-state index in [-0.39, 0.29) is 0 Å². The van der Waals surface area contributed by atoms with Crippen LogP contribution in [0.15, 0.2) is 24.3 Å². The summed E-state index contributed by atoms with van der Waals surface area (Å²) in [4.78, 5) is 8.71. The summed E-state index contributed by atoms with van der Waals surface area (Å²) >= 11 is 1.80. The Hall–Kier alpha value is -1.43. The van der Waals surface area contributed by atoms with Crippen molar-refractivity contribution < 1.29 is 4.74 Å². The lowest BCUT2D eigenvalue weighted by molar-refractivity contribution is 0.185. The molecule has 1 atom stereocenters. The Morgan fingerprint density at radius 2 is 2.10 bits per heavy atom. The number of nitrogens with zero attached hydrogens (tertiary/aromatic N) is 2. The van der Waals surface area contributed by atoms with Crippen LogP contribution in [0.25, 0.3) is 11.3 Å². The van der Waals surface area contributed by atoms with Crippen LogP contribution in [-0.2, 0) is 6.61 Å². The molecule has 0 spiro atoms. The Bertz CT molecular complexity index is 649. The number of hydrogen-bond acceptors (Lipinski definition) is 5. The van der Waals surface area contributed by atoms with Crippen LogP contribution in [0.3, 0.4) is 0 Å². The third-order valence-electron chi connectivity index (χ3n) is 4.27. The number of ether oxygens (including phenoxy) is 1. The summed E-state index contributed by atoms with van der Waals surface area (Å²) in [5.74, 6) is 0.955. The van der Waals surface area contributed by atoms with Crippen LogP contribution in [0.5, 0.6) is 5.75 Å². The number of aromatic nitrogens is 1. The highest BCUT2D eigenvalue weighted by Gasteiger charge is 2.26. The maximum absolute atomic E-state index is 5.84. The molecule has 4 nitrogen and oxygen atoms in total. The summed E-state index contributed by atoms with van der Waals surface area (Å²) in [6.45, 7) is 7.25. The van der Waals surface area contributed by atoms with E-state index in [2.05, 4.69) is 29.3 Å². The Morgan fingerprint density at radius 3 is 2.95 bits per heavy atom. The zero-order chi connectivity index (χ0) is 14.2. The third kappa shape index (κ3) is 2.35. The normalized spacial score (nSPS) is 19.5. The molecule has 21 heavy (non-hydrogen) atoms. The molecule has 3 heterocycles. The number of hydrogen-bond donors (Lipinski definition) is 1. The largest absolute Gasteiger partial charge is 0.487 e. The molecule has 1 aromatic heterocycles. The first kappa shape index (κ1) is 13.2. The Morgan fingerprint density at radius 1 is 1.29 bits per heavy atom. The summed E-state index contributed by atoms with van der Waals surface area (Å²) in [5.41, 5.74) is 2.26. The number of fused-ring (bicyclic) bond motifs is 3. The van der Waals surface area contributed by atoms with E-state index in [1.165, 1.54) is 9.88 Å². The van der Waals surface area contributed by atoms with Gasteiger partial charge >= 0.3 is 0 Å². The fourth-order valence-electron chi connectivity index (χ4n) is 3.01. The van der Waals surface area contributed by atoms with Gasteiger partial charge in [-0.1, -0.05) is 12.1 Å². The van der Waals surface area contributed by atoms with Gasteiger partial charge in [0.1, 0.15) is 17.4 Å². The first-order valence-corrected chi connectivity index (χ1v) is 8.31. The topological polar surface area (TPSA) is 37.4 Å². The fraction of sp³-hybridized carbons (Fsp3) is 0.438. The van der Waals surface area contributed by atoms with Crippen LogP contribution in [0.1, 0.15) is 22.9 Å². The van der Waals surface area contributed by atoms with E-state index in [4.69, 9.17) is 9.72 Å². The molecule has 0 radical (unpaired) electrons. The zero-order valence-corrected chi connectivity index (χ0v) is 12.9. The third-order valence-corrected chi connectivity index (χ3v) is 5.47. The number of rotatable bonds is 2. The molecule has 1 N–H and O–H groups in total. The minimum absolute atomic E-state index is 0.384. The first-order chi connectivity index (χ1) is 10.3. The van der Waals surface area contributed by atoms with Gasteiger partial charge in [-0.2, -0.15) is 0 Å². The SMILES string of the molecule is CC(c1nc2c(s1)COc1ccccc1-2)N1CCNCC1. The lowest BCUT2D eigenvalue weighted by Gasteiger charge is -2.31. The molecule has 0 amide bonds. The molecular weight excluding hydrogens is 282 g/mol. The molecule has 1 aromatic carbocycles. The minimum Gasteiger partial charge on any atom is -0.487 e. The molecule has 1 saturated heterocycles. The standard InChI is InChI=1S/C16H19N3OS/c1-11(19-8-6-17-7-9-19)16-18-15-12-4-2-3-5-13(12)20-10-14(15)21-16/h2-5,11,17H,6-10H2,1H3. The molecule has 2 aliphatic heterocycles. The van der Waals surface area contributed by atoms with Crippen LogP contribution in [0.4, 0.5) is 0 Å². The average Bonchev–Trinajstić information content (AvgIpc) is 2.99. The van der Waals surface area contributed by atoms with Crippen molar-refractivity contribution in [3.63, 3.8) is 0 Å². The van der Waals surface area contributed by atoms with Gasteiger partial charge in [0, 0.05) is 31.7 Å². The predicted molar refractivity (Wildman–Crippen MR) is 84.7 cm³/mol. The van der Waals surface area contributed by atoms with E-state index in [0.717, 1.165) is 43.2 Å². The highest BCUT2D eigenvalue weighted by molar-refractivity contribution is 7.12. The molecule has 0 bridgehead atoms. The number of benzene rings is 1. The monoisotopic (exact) mass is 301 g/mol. The van der Waals surface area contributed by atoms with Crippen LogP contribution in [0.2, 0.25) is 0 Å². The van der Waals surface area contributed by atoms with Gasteiger partial charge in [-0.15, -0.1) is 11.3 Å². The molecule has 110 valence electrons. The highest BCUT2D eigenvalue weighted by Crippen LogP contribution is 2.41. The van der Waals surface area contributed by atoms with Gasteiger partial charge in [-0.05, 0) is 19.1 Å². The van der Waals surface area contributed by atoms with Gasteiger partial charge < -0.3 is 10.1 Å². The average molecular weight is 301 g/mol. The van der Waals surface area contributed by atoms with E-state index < -0.39 is 0 Å². The Balaban J connectivity index is 1.66. The molecule has 1 fully saturated rings. The van der Waals surface area contributed by atoms with E-state index in [0.29, 0.717) is 12.6 Å². The zero-order valence-electron chi connectivity index (χ0n) is 12.1. The van der Waals surface area contributed by atoms with Gasteiger partial charge in [0.05, 0.1) is 16.6 Å². The quantitative estimate of drug-likeness (QED) is 0.925. The number of para-hydroxylation sites is 1. The highest BCUT2D eigenvalue weighted by atomic mass is 32.1. The molecule has 0 saturated carbocycles. The summed E-state index contributed by atoms with van der Waals surface area (Å²) < 4.78 is 5.84. The second-order valence-electron chi connectivity index (χ2n) is 5.57. The predicted octanol–water partition coefficient (Wildman–Crippen LogP) is 2.67. The van der Waals surface area contributed by atoms with Crippen molar-refractivity contribution in [1.29, 1.82) is 0 Å². The molecule has 4 rings (SSSR count). The van der Waals surface area contributed by atoms with Gasteiger partial charge in [0.15, 0.2) is 0 Å². The minimum atomic E-state index is 0.384. The van der Waals surface area contributed by atoms with Crippen molar-refractivity contribution in [2.45, 2.75) is 19.6 Å². The van der Waals surface area contributed by atoms with Crippen molar-refractivity contribution in [2.24, 2.45) is 0 Å². The molecule has 0 aliphatic carbocycles. The summed E-state index contributed by atoms with van der Waals surface area (Å²) in [5, 5.41) is 4.61. The maximum atomic E-state index is 5.84. The Labute approximate surface area is 128 Å². The van der Waals surface area contributed by atoms with E-state index >= 15 is 0 Å². The molecule has 2 aromatic rings. The molecule has 5 heteroatoms. The molecular formula is C16H19N3OS. The first-order valence-electron chi connectivity index (χ1n) is 7.49. The lowest BCUT2D eigenvalue weighted by atomic mass is 10.1. The van der Waals surface area contributed by atoms with Crippen molar-refractivity contribution in [2.75, 3.05) is 26.2 Å². The van der Waals surface area contributed by atoms with Crippen LogP contribution in [0, 0.1) is 0 Å². The van der Waals surface area contributed by atoms with Crippen LogP contribution < -0.4 is 10.1 Å². The Kier molecular flexibility index (Phi) is 3.41. The second-order valence-corrected chi connectivity index (χ2v) is 6.69. The maximum Gasteiger partial charge on any atom is 0.129 e. The number of thiazole rings is 1. The van der Waals surface area contributed by atoms with E-state index in [9.17, 15) is 0 Å². The van der Waals surface area contributed by atoms with Gasteiger partial charge in [-0.25, -0.2) is 4.98 Å². The summed E-state index contributed by atoms with van der Waals surface area (Å²) in [6.07, 6.45) is 0. The lowest BCUT2D eigenvalue weighted by Crippen LogP contribution is -2.44. The van der Waals surface area contributed by atoms with E-state index in [1.54, 1.807) is 11.3 Å². The van der Waals surface area contributed by atoms with Gasteiger partial charge in [0.2, 0.25) is 0 Å². The fourth-order valence-corrected chi connectivity index (χ4v) is 4.09. The van der Waals surface area contributed by atoms with Crippen molar-refractivity contribution in [3.05, 3.63) is 34.2 Å². The van der Waals surface area contributed by atoms with Crippen molar-refractivity contribution >= 4 is 11.3 Å². The number of piperazine rings is 1. The smallest absolute Gasteiger partial charge is 0.129 e.